The fourth-order valence-corrected chi connectivity index (χ4v) is 3.52. The monoisotopic (exact) mass is 526 g/mol. The number of carboxylic acids is 1. The summed E-state index contributed by atoms with van der Waals surface area (Å²) in [5, 5.41) is 9.26. The molecule has 39 heavy (non-hydrogen) atoms. The number of rotatable bonds is 9. The van der Waals surface area contributed by atoms with Crippen molar-refractivity contribution in [2.45, 2.75) is 13.5 Å². The molecule has 9 heteroatoms. The highest BCUT2D eigenvalue weighted by Gasteiger charge is 2.19. The quantitative estimate of drug-likeness (QED) is 0.297. The second-order valence-electron chi connectivity index (χ2n) is 8.33. The van der Waals surface area contributed by atoms with Gasteiger partial charge < -0.3 is 23.7 Å². The smallest absolute Gasteiger partial charge is 0.416 e. The van der Waals surface area contributed by atoms with E-state index in [0.29, 0.717) is 34.4 Å². The van der Waals surface area contributed by atoms with Crippen molar-refractivity contribution in [3.05, 3.63) is 95.9 Å². The molecule has 0 aliphatic carbocycles. The molecule has 198 valence electrons. The number of aliphatic carboxylic acids is 1. The zero-order valence-electron chi connectivity index (χ0n) is 21.4. The van der Waals surface area contributed by atoms with Gasteiger partial charge in [0, 0.05) is 12.1 Å². The van der Waals surface area contributed by atoms with E-state index in [2.05, 4.69) is 16.8 Å². The normalized spacial score (nSPS) is 10.2. The minimum Gasteiger partial charge on any atom is -0.497 e. The lowest BCUT2D eigenvalue weighted by atomic mass is 10.2. The van der Waals surface area contributed by atoms with Gasteiger partial charge in [0.15, 0.2) is 0 Å². The fourth-order valence-electron chi connectivity index (χ4n) is 3.52. The van der Waals surface area contributed by atoms with E-state index in [0.717, 1.165) is 10.5 Å². The third-order valence-electron chi connectivity index (χ3n) is 5.48. The van der Waals surface area contributed by atoms with Crippen LogP contribution in [0, 0.1) is 18.8 Å². The molecule has 0 spiro atoms. The molecule has 1 aromatic heterocycles. The van der Waals surface area contributed by atoms with Gasteiger partial charge in [-0.3, -0.25) is 9.69 Å². The Balaban J connectivity index is 1.33. The lowest BCUT2D eigenvalue weighted by Gasteiger charge is -2.20. The number of ether oxygens (including phenoxy) is 3. The number of hydrogen-bond acceptors (Lipinski definition) is 7. The summed E-state index contributed by atoms with van der Waals surface area (Å²) >= 11 is 0. The van der Waals surface area contributed by atoms with Crippen molar-refractivity contribution in [1.29, 1.82) is 0 Å². The topological polar surface area (TPSA) is 111 Å². The number of nitrogens with zero attached hydrogens (tertiary/aromatic N) is 2. The summed E-state index contributed by atoms with van der Waals surface area (Å²) in [4.78, 5) is 29.5. The Bertz CT molecular complexity index is 1470. The van der Waals surface area contributed by atoms with Crippen LogP contribution in [0.5, 0.6) is 17.2 Å². The molecule has 3 aromatic carbocycles. The molecule has 1 amide bonds. The van der Waals surface area contributed by atoms with E-state index < -0.39 is 18.6 Å². The van der Waals surface area contributed by atoms with Crippen LogP contribution in [0.2, 0.25) is 0 Å². The molecule has 0 saturated carbocycles. The first-order valence-corrected chi connectivity index (χ1v) is 12.0. The van der Waals surface area contributed by atoms with E-state index >= 15 is 0 Å². The minimum atomic E-state index is -1.15. The van der Waals surface area contributed by atoms with Gasteiger partial charge in [0.05, 0.1) is 12.8 Å². The minimum absolute atomic E-state index is 0.0376. The maximum Gasteiger partial charge on any atom is 0.416 e. The van der Waals surface area contributed by atoms with Crippen molar-refractivity contribution in [3.63, 3.8) is 0 Å². The summed E-state index contributed by atoms with van der Waals surface area (Å²) in [5.74, 6) is 7.15. The number of carbonyl (C=O) groups excluding carboxylic acids is 1. The van der Waals surface area contributed by atoms with Crippen molar-refractivity contribution >= 4 is 12.1 Å². The first-order valence-electron chi connectivity index (χ1n) is 12.0. The molecule has 0 aliphatic rings. The number of aromatic nitrogens is 1. The third kappa shape index (κ3) is 7.63. The number of aryl methyl sites for hydroxylation is 1. The number of benzene rings is 3. The lowest BCUT2D eigenvalue weighted by Crippen LogP contribution is -2.37. The molecule has 0 radical (unpaired) electrons. The second-order valence-corrected chi connectivity index (χ2v) is 8.33. The first-order chi connectivity index (χ1) is 18.9. The van der Waals surface area contributed by atoms with Gasteiger partial charge in [-0.25, -0.2) is 9.78 Å². The highest BCUT2D eigenvalue weighted by molar-refractivity contribution is 5.78. The van der Waals surface area contributed by atoms with Crippen LogP contribution in [0.15, 0.2) is 83.3 Å². The van der Waals surface area contributed by atoms with Gasteiger partial charge in [-0.15, -0.1) is 0 Å². The van der Waals surface area contributed by atoms with Crippen LogP contribution in [0.3, 0.4) is 0 Å². The molecule has 4 rings (SSSR count). The fraction of sp³-hybridized carbons (Fsp3) is 0.167. The van der Waals surface area contributed by atoms with Gasteiger partial charge >= 0.3 is 12.1 Å². The Hall–Kier alpha value is -5.23. The SMILES string of the molecule is COc1ccc(OC(=O)N(CC(=O)O)Cc2ccc(OCC#Cc3oc(-c4ccccc4)nc3C)cc2)cc1. The number of amides is 1. The maximum absolute atomic E-state index is 12.6. The molecule has 0 unspecified atom stereocenters. The summed E-state index contributed by atoms with van der Waals surface area (Å²) in [6.07, 6.45) is -0.781. The first kappa shape index (κ1) is 26.8. The highest BCUT2D eigenvalue weighted by atomic mass is 16.6. The zero-order valence-corrected chi connectivity index (χ0v) is 21.4. The number of methoxy groups -OCH3 is 1. The van der Waals surface area contributed by atoms with Crippen LogP contribution in [0.1, 0.15) is 17.0 Å². The summed E-state index contributed by atoms with van der Waals surface area (Å²) < 4.78 is 21.9. The number of hydrogen-bond donors (Lipinski definition) is 1. The van der Waals surface area contributed by atoms with E-state index in [1.807, 2.05) is 37.3 Å². The van der Waals surface area contributed by atoms with Gasteiger partial charge in [-0.05, 0) is 66.9 Å². The summed E-state index contributed by atoms with van der Waals surface area (Å²) in [7, 11) is 1.53. The van der Waals surface area contributed by atoms with Crippen LogP contribution in [-0.2, 0) is 11.3 Å². The van der Waals surface area contributed by atoms with Gasteiger partial charge in [-0.1, -0.05) is 36.3 Å². The Labute approximate surface area is 225 Å². The average Bonchev–Trinajstić information content (AvgIpc) is 3.32. The van der Waals surface area contributed by atoms with Crippen molar-refractivity contribution in [2.75, 3.05) is 20.3 Å². The molecular weight excluding hydrogens is 500 g/mol. The Morgan fingerprint density at radius 3 is 2.28 bits per heavy atom. The molecule has 9 nitrogen and oxygen atoms in total. The number of carbonyl (C=O) groups is 2. The van der Waals surface area contributed by atoms with Gasteiger partial charge in [-0.2, -0.15) is 0 Å². The lowest BCUT2D eigenvalue weighted by molar-refractivity contribution is -0.138. The van der Waals surface area contributed by atoms with E-state index in [4.69, 9.17) is 18.6 Å². The molecule has 0 saturated heterocycles. The van der Waals surface area contributed by atoms with E-state index in [-0.39, 0.29) is 18.9 Å². The van der Waals surface area contributed by atoms with Gasteiger partial charge in [0.25, 0.3) is 0 Å². The van der Waals surface area contributed by atoms with Gasteiger partial charge in [0.1, 0.15) is 30.4 Å². The van der Waals surface area contributed by atoms with Crippen LogP contribution in [-0.4, -0.2) is 47.3 Å². The van der Waals surface area contributed by atoms with Crippen LogP contribution >= 0.6 is 0 Å². The molecule has 4 aromatic rings. The average molecular weight is 527 g/mol. The number of oxazole rings is 1. The Kier molecular flexibility index (Phi) is 8.83. The second kappa shape index (κ2) is 12.8. The molecule has 0 bridgehead atoms. The molecular formula is C30H26N2O7. The Morgan fingerprint density at radius 1 is 0.949 bits per heavy atom. The van der Waals surface area contributed by atoms with Gasteiger partial charge in [0.2, 0.25) is 11.7 Å². The summed E-state index contributed by atoms with van der Waals surface area (Å²) in [6.45, 7) is 1.48. The molecule has 1 heterocycles. The van der Waals surface area contributed by atoms with Crippen LogP contribution < -0.4 is 14.2 Å². The summed E-state index contributed by atoms with van der Waals surface area (Å²) in [6, 6.07) is 22.9. The standard InChI is InChI=1S/C30H26N2O7/c1-21-27(39-29(31-21)23-7-4-3-5-8-23)9-6-18-37-25-12-10-22(11-13-25)19-32(20-28(33)34)30(35)38-26-16-14-24(36-2)15-17-26/h3-5,7-8,10-17H,18-20H2,1-2H3,(H,33,34). The number of carboxylic acid groups (broad SMARTS) is 1. The maximum atomic E-state index is 12.6. The van der Waals surface area contributed by atoms with Crippen LogP contribution in [0.4, 0.5) is 4.79 Å². The Morgan fingerprint density at radius 2 is 1.62 bits per heavy atom. The highest BCUT2D eigenvalue weighted by Crippen LogP contribution is 2.21. The van der Waals surface area contributed by atoms with E-state index in [9.17, 15) is 14.7 Å². The van der Waals surface area contributed by atoms with Crippen molar-refractivity contribution in [3.8, 4) is 40.5 Å². The molecule has 0 aliphatic heterocycles. The predicted octanol–water partition coefficient (Wildman–Crippen LogP) is 5.17. The summed E-state index contributed by atoms with van der Waals surface area (Å²) in [5.41, 5.74) is 2.27. The zero-order chi connectivity index (χ0) is 27.6. The molecule has 1 N–H and O–H groups in total. The predicted molar refractivity (Wildman–Crippen MR) is 143 cm³/mol. The molecule has 0 fully saturated rings. The molecule has 0 atom stereocenters. The van der Waals surface area contributed by atoms with Crippen molar-refractivity contribution in [1.82, 2.24) is 9.88 Å². The van der Waals surface area contributed by atoms with Crippen molar-refractivity contribution in [2.24, 2.45) is 0 Å². The van der Waals surface area contributed by atoms with E-state index in [1.165, 1.54) is 7.11 Å². The largest absolute Gasteiger partial charge is 0.497 e. The van der Waals surface area contributed by atoms with Crippen molar-refractivity contribution < 1.29 is 33.3 Å². The van der Waals surface area contributed by atoms with Crippen LogP contribution in [0.25, 0.3) is 11.5 Å². The van der Waals surface area contributed by atoms with E-state index in [1.54, 1.807) is 48.5 Å². The third-order valence-corrected chi connectivity index (χ3v) is 5.48.